The maximum Gasteiger partial charge on any atom is 0.169 e. The van der Waals surface area contributed by atoms with Crippen molar-refractivity contribution in [1.29, 1.82) is 0 Å². The van der Waals surface area contributed by atoms with E-state index in [-0.39, 0.29) is 0 Å². The van der Waals surface area contributed by atoms with Gasteiger partial charge in [0.05, 0.1) is 6.26 Å². The lowest BCUT2D eigenvalue weighted by Gasteiger charge is -1.85. The summed E-state index contributed by atoms with van der Waals surface area (Å²) in [6, 6.07) is 1.92. The van der Waals surface area contributed by atoms with E-state index in [0.29, 0.717) is 6.54 Å². The summed E-state index contributed by atoms with van der Waals surface area (Å²) in [6.07, 6.45) is 2.59. The average Bonchev–Trinajstić information content (AvgIpc) is 2.17. The maximum atomic E-state index is 5.31. The first-order valence-electron chi connectivity index (χ1n) is 2.76. The highest BCUT2D eigenvalue weighted by Crippen LogP contribution is 2.13. The predicted octanol–water partition coefficient (Wildman–Crippen LogP) is 1.54. The van der Waals surface area contributed by atoms with Gasteiger partial charge >= 0.3 is 0 Å². The molecule has 3 heteroatoms. The van der Waals surface area contributed by atoms with Crippen molar-refractivity contribution in [2.45, 2.75) is 6.42 Å². The first-order valence-corrected chi connectivity index (χ1v) is 3.55. The van der Waals surface area contributed by atoms with E-state index < -0.39 is 0 Å². The van der Waals surface area contributed by atoms with Gasteiger partial charge in [0.25, 0.3) is 0 Å². The molecule has 0 spiro atoms. The molecular weight excluding hydrogens is 182 g/mol. The molecule has 2 nitrogen and oxygen atoms in total. The fourth-order valence-corrected chi connectivity index (χ4v) is 1.03. The van der Waals surface area contributed by atoms with Crippen LogP contribution in [-0.4, -0.2) is 6.54 Å². The lowest BCUT2D eigenvalue weighted by Crippen LogP contribution is -2.01. The van der Waals surface area contributed by atoms with Crippen molar-refractivity contribution < 1.29 is 4.42 Å². The van der Waals surface area contributed by atoms with Crippen molar-refractivity contribution in [3.8, 4) is 0 Å². The molecule has 0 saturated heterocycles. The third-order valence-corrected chi connectivity index (χ3v) is 1.47. The van der Waals surface area contributed by atoms with E-state index in [1.54, 1.807) is 6.26 Å². The summed E-state index contributed by atoms with van der Waals surface area (Å²) in [6.45, 7) is 0.673. The Kier molecular flexibility index (Phi) is 2.30. The number of hydrogen-bond acceptors (Lipinski definition) is 2. The molecule has 50 valence electrons. The average molecular weight is 190 g/mol. The molecule has 0 atom stereocenters. The van der Waals surface area contributed by atoms with Crippen LogP contribution in [0.2, 0.25) is 0 Å². The van der Waals surface area contributed by atoms with Crippen molar-refractivity contribution in [2.75, 3.05) is 6.54 Å². The number of hydrogen-bond donors (Lipinski definition) is 1. The lowest BCUT2D eigenvalue weighted by molar-refractivity contribution is 0.538. The second kappa shape index (κ2) is 3.03. The molecule has 1 heterocycles. The van der Waals surface area contributed by atoms with Gasteiger partial charge in [0.2, 0.25) is 0 Å². The molecule has 0 unspecified atom stereocenters. The molecule has 1 aromatic heterocycles. The Morgan fingerprint density at radius 1 is 1.67 bits per heavy atom. The molecule has 2 N–H and O–H groups in total. The molecule has 0 saturated carbocycles. The van der Waals surface area contributed by atoms with E-state index in [4.69, 9.17) is 10.2 Å². The molecule has 0 bridgehead atoms. The molecule has 1 rings (SSSR count). The highest BCUT2D eigenvalue weighted by molar-refractivity contribution is 9.10. The minimum Gasteiger partial charge on any atom is -0.457 e. The first-order chi connectivity index (χ1) is 4.33. The molecular formula is C6H8BrNO. The Labute approximate surface area is 62.2 Å². The van der Waals surface area contributed by atoms with Crippen LogP contribution in [0.15, 0.2) is 21.4 Å². The van der Waals surface area contributed by atoms with Crippen LogP contribution in [-0.2, 0) is 6.42 Å². The lowest BCUT2D eigenvalue weighted by atomic mass is 10.2. The summed E-state index contributed by atoms with van der Waals surface area (Å²) < 4.78 is 5.75. The minimum atomic E-state index is 0.673. The monoisotopic (exact) mass is 189 g/mol. The van der Waals surface area contributed by atoms with Crippen molar-refractivity contribution in [1.82, 2.24) is 0 Å². The molecule has 0 radical (unpaired) electrons. The molecule has 0 aliphatic carbocycles. The normalized spacial score (nSPS) is 10.0. The van der Waals surface area contributed by atoms with E-state index >= 15 is 0 Å². The van der Waals surface area contributed by atoms with Gasteiger partial charge in [-0.3, -0.25) is 0 Å². The van der Waals surface area contributed by atoms with Gasteiger partial charge < -0.3 is 10.2 Å². The summed E-state index contributed by atoms with van der Waals surface area (Å²) in [5.41, 5.74) is 6.46. The van der Waals surface area contributed by atoms with Crippen LogP contribution in [0, 0.1) is 0 Å². The van der Waals surface area contributed by atoms with Crippen molar-refractivity contribution in [3.63, 3.8) is 0 Å². The Morgan fingerprint density at radius 2 is 2.44 bits per heavy atom. The maximum absolute atomic E-state index is 5.31. The van der Waals surface area contributed by atoms with Crippen molar-refractivity contribution in [2.24, 2.45) is 5.73 Å². The summed E-state index contributed by atoms with van der Waals surface area (Å²) in [5.74, 6) is 0. The summed E-state index contributed by atoms with van der Waals surface area (Å²) >= 11 is 3.19. The molecule has 1 aromatic rings. The zero-order valence-electron chi connectivity index (χ0n) is 4.93. The van der Waals surface area contributed by atoms with E-state index in [1.165, 1.54) is 0 Å². The SMILES string of the molecule is NCCc1coc(Br)c1. The Morgan fingerprint density at radius 3 is 2.89 bits per heavy atom. The molecule has 0 aromatic carbocycles. The highest BCUT2D eigenvalue weighted by atomic mass is 79.9. The van der Waals surface area contributed by atoms with Crippen LogP contribution in [0.5, 0.6) is 0 Å². The number of nitrogens with two attached hydrogens (primary N) is 1. The largest absolute Gasteiger partial charge is 0.457 e. The molecule has 0 fully saturated rings. The Hall–Kier alpha value is -0.280. The van der Waals surface area contributed by atoms with Gasteiger partial charge in [-0.2, -0.15) is 0 Å². The minimum absolute atomic E-state index is 0.673. The third kappa shape index (κ3) is 1.84. The van der Waals surface area contributed by atoms with Crippen LogP contribution in [0.1, 0.15) is 5.56 Å². The number of halogens is 1. The fourth-order valence-electron chi connectivity index (χ4n) is 0.644. The van der Waals surface area contributed by atoms with E-state index in [9.17, 15) is 0 Å². The van der Waals surface area contributed by atoms with Gasteiger partial charge in [0, 0.05) is 0 Å². The van der Waals surface area contributed by atoms with E-state index in [1.807, 2.05) is 6.07 Å². The van der Waals surface area contributed by atoms with Crippen molar-refractivity contribution >= 4 is 15.9 Å². The number of rotatable bonds is 2. The second-order valence-corrected chi connectivity index (χ2v) is 2.58. The predicted molar refractivity (Wildman–Crippen MR) is 39.2 cm³/mol. The van der Waals surface area contributed by atoms with Gasteiger partial charge in [-0.05, 0) is 40.5 Å². The summed E-state index contributed by atoms with van der Waals surface area (Å²) in [4.78, 5) is 0. The van der Waals surface area contributed by atoms with Gasteiger partial charge in [-0.25, -0.2) is 0 Å². The quantitative estimate of drug-likeness (QED) is 0.768. The summed E-state index contributed by atoms with van der Waals surface area (Å²) in [5, 5.41) is 0. The number of furan rings is 1. The van der Waals surface area contributed by atoms with Gasteiger partial charge in [-0.1, -0.05) is 0 Å². The zero-order valence-corrected chi connectivity index (χ0v) is 6.52. The van der Waals surface area contributed by atoms with Crippen LogP contribution in [0.25, 0.3) is 0 Å². The molecule has 0 aliphatic heterocycles. The van der Waals surface area contributed by atoms with Crippen molar-refractivity contribution in [3.05, 3.63) is 22.6 Å². The highest BCUT2D eigenvalue weighted by Gasteiger charge is 1.95. The standard InChI is InChI=1S/C6H8BrNO/c7-6-3-5(1-2-8)4-9-6/h3-4H,1-2,8H2. The molecule has 9 heavy (non-hydrogen) atoms. The second-order valence-electron chi connectivity index (χ2n) is 1.80. The smallest absolute Gasteiger partial charge is 0.169 e. The van der Waals surface area contributed by atoms with Crippen LogP contribution >= 0.6 is 15.9 Å². The van der Waals surface area contributed by atoms with Crippen LogP contribution in [0.3, 0.4) is 0 Å². The topological polar surface area (TPSA) is 39.2 Å². The van der Waals surface area contributed by atoms with Gasteiger partial charge in [-0.15, -0.1) is 0 Å². The van der Waals surface area contributed by atoms with Crippen LogP contribution in [0.4, 0.5) is 0 Å². The Bertz CT molecular complexity index is 185. The Balaban J connectivity index is 2.61. The third-order valence-electron chi connectivity index (χ3n) is 1.05. The van der Waals surface area contributed by atoms with Crippen LogP contribution < -0.4 is 5.73 Å². The van der Waals surface area contributed by atoms with Gasteiger partial charge in [0.1, 0.15) is 0 Å². The molecule has 0 amide bonds. The van der Waals surface area contributed by atoms with Gasteiger partial charge in [0.15, 0.2) is 4.67 Å². The zero-order chi connectivity index (χ0) is 6.69. The van der Waals surface area contributed by atoms with E-state index in [2.05, 4.69) is 15.9 Å². The first kappa shape index (κ1) is 6.83. The van der Waals surface area contributed by atoms with E-state index in [0.717, 1.165) is 16.7 Å². The fraction of sp³-hybridized carbons (Fsp3) is 0.333. The molecule has 0 aliphatic rings. The summed E-state index contributed by atoms with van der Waals surface area (Å²) in [7, 11) is 0.